The first-order valence-electron chi connectivity index (χ1n) is 5.65. The van der Waals surface area contributed by atoms with Gasteiger partial charge in [0.25, 0.3) is 0 Å². The van der Waals surface area contributed by atoms with Crippen LogP contribution >= 0.6 is 0 Å². The van der Waals surface area contributed by atoms with Gasteiger partial charge in [-0.05, 0) is 12.0 Å². The molecule has 0 N–H and O–H groups in total. The van der Waals surface area contributed by atoms with Crippen LogP contribution in [-0.2, 0) is 40.4 Å². The molecule has 1 fully saturated rings. The van der Waals surface area contributed by atoms with Crippen molar-refractivity contribution in [2.24, 2.45) is 0 Å². The summed E-state index contributed by atoms with van der Waals surface area (Å²) < 4.78 is 9.91. The summed E-state index contributed by atoms with van der Waals surface area (Å²) in [6.45, 7) is 3.73. The van der Waals surface area contributed by atoms with Gasteiger partial charge in [-0.25, -0.2) is 9.59 Å². The third kappa shape index (κ3) is 4.70. The van der Waals surface area contributed by atoms with Crippen molar-refractivity contribution in [3.8, 4) is 0 Å². The summed E-state index contributed by atoms with van der Waals surface area (Å²) in [7, 11) is 0. The number of carbonyl (C=O) groups excluding carboxylic acids is 2. The van der Waals surface area contributed by atoms with Gasteiger partial charge >= 0.3 is 12.1 Å². The van der Waals surface area contributed by atoms with Crippen molar-refractivity contribution in [1.82, 2.24) is 4.90 Å². The SMILES string of the molecule is [CH2]C[C@H]1C(=O)OCN1C(=O)OCc1ccccc1.[I-].[Zn]. The first-order valence-corrected chi connectivity index (χ1v) is 5.65. The molecule has 1 atom stereocenters. The summed E-state index contributed by atoms with van der Waals surface area (Å²) in [6.07, 6.45) is -0.280. The molecule has 1 aromatic carbocycles. The predicted molar refractivity (Wildman–Crippen MR) is 63.2 cm³/mol. The zero-order chi connectivity index (χ0) is 13.0. The van der Waals surface area contributed by atoms with E-state index in [2.05, 4.69) is 6.92 Å². The Morgan fingerprint density at radius 2 is 2.05 bits per heavy atom. The molecule has 1 heterocycles. The minimum Gasteiger partial charge on any atom is -1.00 e. The maximum Gasteiger partial charge on any atom is 0.413 e. The van der Waals surface area contributed by atoms with E-state index in [1.54, 1.807) is 0 Å². The minimum absolute atomic E-state index is 0. The molecule has 0 saturated carbocycles. The van der Waals surface area contributed by atoms with Crippen molar-refractivity contribution in [3.63, 3.8) is 0 Å². The maximum absolute atomic E-state index is 11.8. The number of benzene rings is 1. The second kappa shape index (κ2) is 9.29. The fourth-order valence-electron chi connectivity index (χ4n) is 1.70. The number of rotatable bonds is 3. The number of hydrogen-bond donors (Lipinski definition) is 0. The van der Waals surface area contributed by atoms with Crippen molar-refractivity contribution in [2.45, 2.75) is 19.1 Å². The molecule has 1 amide bonds. The average Bonchev–Trinajstić information content (AvgIpc) is 2.78. The molecule has 0 spiro atoms. The van der Waals surface area contributed by atoms with E-state index in [-0.39, 0.29) is 63.2 Å². The Balaban J connectivity index is 0.00000180. The Bertz CT molecular complexity index is 443. The number of nitrogens with zero attached hydrogens (tertiary/aromatic N) is 1. The standard InChI is InChI=1S/C13H14NO4.HI.Zn/c1-2-11-12(15)18-9-14(11)13(16)17-8-10-6-4-3-5-7-10;;/h3-7,11H,1-2,8-9H2;1H;/p-1/t11-;;/m0../s1. The van der Waals surface area contributed by atoms with E-state index in [4.69, 9.17) is 9.47 Å². The minimum atomic E-state index is -0.631. The van der Waals surface area contributed by atoms with Crippen LogP contribution in [0.25, 0.3) is 0 Å². The molecule has 1 radical (unpaired) electrons. The topological polar surface area (TPSA) is 55.8 Å². The number of carbonyl (C=O) groups is 2. The molecule has 1 saturated heterocycles. The molecule has 2 rings (SSSR count). The fraction of sp³-hybridized carbons (Fsp3) is 0.308. The first-order chi connectivity index (χ1) is 8.72. The smallest absolute Gasteiger partial charge is 0.413 e. The normalized spacial score (nSPS) is 16.8. The van der Waals surface area contributed by atoms with Crippen LogP contribution in [0, 0.1) is 6.92 Å². The van der Waals surface area contributed by atoms with Crippen molar-refractivity contribution in [1.29, 1.82) is 0 Å². The van der Waals surface area contributed by atoms with E-state index >= 15 is 0 Å². The van der Waals surface area contributed by atoms with Crippen LogP contribution in [-0.4, -0.2) is 29.7 Å². The van der Waals surface area contributed by atoms with Gasteiger partial charge in [-0.15, -0.1) is 0 Å². The van der Waals surface area contributed by atoms with Crippen molar-refractivity contribution < 1.29 is 62.5 Å². The van der Waals surface area contributed by atoms with E-state index in [1.807, 2.05) is 30.3 Å². The van der Waals surface area contributed by atoms with Crippen LogP contribution in [0.3, 0.4) is 0 Å². The Labute approximate surface area is 147 Å². The zero-order valence-electron chi connectivity index (χ0n) is 11.0. The molecule has 0 aromatic heterocycles. The number of halogens is 1. The fourth-order valence-corrected chi connectivity index (χ4v) is 1.70. The van der Waals surface area contributed by atoms with Crippen LogP contribution in [0.5, 0.6) is 0 Å². The number of hydrogen-bond acceptors (Lipinski definition) is 4. The monoisotopic (exact) mass is 439 g/mol. The quantitative estimate of drug-likeness (QED) is 0.334. The van der Waals surface area contributed by atoms with Crippen LogP contribution in [0.15, 0.2) is 30.3 Å². The Kier molecular flexibility index (Phi) is 8.97. The van der Waals surface area contributed by atoms with E-state index in [1.165, 1.54) is 4.90 Å². The second-order valence-electron chi connectivity index (χ2n) is 3.91. The van der Waals surface area contributed by atoms with Gasteiger partial charge < -0.3 is 33.5 Å². The Morgan fingerprint density at radius 1 is 1.40 bits per heavy atom. The van der Waals surface area contributed by atoms with Crippen LogP contribution < -0.4 is 24.0 Å². The van der Waals surface area contributed by atoms with E-state index in [9.17, 15) is 9.59 Å². The molecule has 0 bridgehead atoms. The van der Waals surface area contributed by atoms with Crippen molar-refractivity contribution >= 4 is 12.1 Å². The van der Waals surface area contributed by atoms with Gasteiger partial charge in [-0.2, -0.15) is 0 Å². The van der Waals surface area contributed by atoms with Crippen LogP contribution in [0.4, 0.5) is 4.79 Å². The summed E-state index contributed by atoms with van der Waals surface area (Å²) in [5, 5.41) is 0. The third-order valence-corrected chi connectivity index (χ3v) is 2.71. The van der Waals surface area contributed by atoms with Crippen molar-refractivity contribution in [2.75, 3.05) is 6.73 Å². The molecule has 5 nitrogen and oxygen atoms in total. The summed E-state index contributed by atoms with van der Waals surface area (Å²) in [4.78, 5) is 24.3. The van der Waals surface area contributed by atoms with Gasteiger partial charge in [0.05, 0.1) is 0 Å². The molecule has 1 aliphatic rings. The van der Waals surface area contributed by atoms with E-state index in [0.717, 1.165) is 5.56 Å². The molecule has 7 heteroatoms. The summed E-state index contributed by atoms with van der Waals surface area (Å²) in [6, 6.07) is 8.70. The molecule has 1 aliphatic heterocycles. The Hall–Kier alpha value is -0.687. The maximum atomic E-state index is 11.8. The van der Waals surface area contributed by atoms with Gasteiger partial charge in [-0.3, -0.25) is 4.90 Å². The number of ether oxygens (including phenoxy) is 2. The summed E-state index contributed by atoms with van der Waals surface area (Å²) >= 11 is 0. The van der Waals surface area contributed by atoms with Gasteiger partial charge in [0, 0.05) is 19.5 Å². The number of esters is 1. The largest absolute Gasteiger partial charge is 1.00 e. The first kappa shape index (κ1) is 19.3. The Morgan fingerprint density at radius 3 is 2.65 bits per heavy atom. The molecule has 0 unspecified atom stereocenters. The van der Waals surface area contributed by atoms with E-state index in [0.29, 0.717) is 0 Å². The summed E-state index contributed by atoms with van der Waals surface area (Å²) in [5.41, 5.74) is 0.892. The molecule has 105 valence electrons. The van der Waals surface area contributed by atoms with Crippen LogP contribution in [0.1, 0.15) is 12.0 Å². The molecule has 20 heavy (non-hydrogen) atoms. The number of cyclic esters (lactones) is 1. The molecule has 1 aromatic rings. The van der Waals surface area contributed by atoms with Gasteiger partial charge in [-0.1, -0.05) is 37.3 Å². The van der Waals surface area contributed by atoms with Gasteiger partial charge in [0.2, 0.25) is 0 Å². The zero-order valence-corrected chi connectivity index (χ0v) is 16.1. The van der Waals surface area contributed by atoms with Gasteiger partial charge in [0.15, 0.2) is 6.73 Å². The second-order valence-corrected chi connectivity index (χ2v) is 3.91. The summed E-state index contributed by atoms with van der Waals surface area (Å²) in [5.74, 6) is -0.429. The predicted octanol–water partition coefficient (Wildman–Crippen LogP) is -1.27. The molecule has 0 aliphatic carbocycles. The average molecular weight is 441 g/mol. The van der Waals surface area contributed by atoms with Crippen LogP contribution in [0.2, 0.25) is 0 Å². The number of amides is 1. The van der Waals surface area contributed by atoms with Gasteiger partial charge in [0.1, 0.15) is 12.6 Å². The van der Waals surface area contributed by atoms with E-state index < -0.39 is 18.1 Å². The molecular formula is C13H14INO4Zn-. The molecular weight excluding hydrogens is 426 g/mol. The third-order valence-electron chi connectivity index (χ3n) is 2.71. The van der Waals surface area contributed by atoms with Crippen molar-refractivity contribution in [3.05, 3.63) is 42.8 Å².